The normalized spacial score (nSPS) is 21.8. The van der Waals surface area contributed by atoms with Crippen molar-refractivity contribution in [1.82, 2.24) is 14.8 Å². The van der Waals surface area contributed by atoms with E-state index in [4.69, 9.17) is 20.6 Å². The molecule has 5 heterocycles. The molecule has 2 fully saturated rings. The average Bonchev–Trinajstić information content (AvgIpc) is 3.36. The summed E-state index contributed by atoms with van der Waals surface area (Å²) in [6, 6.07) is 1.17. The fourth-order valence-electron chi connectivity index (χ4n) is 5.11. The molecule has 2 saturated heterocycles. The van der Waals surface area contributed by atoms with Gasteiger partial charge in [0, 0.05) is 45.6 Å². The number of ether oxygens (including phenoxy) is 1. The van der Waals surface area contributed by atoms with Crippen molar-refractivity contribution < 1.29 is 27.1 Å². The van der Waals surface area contributed by atoms with Gasteiger partial charge in [0.1, 0.15) is 16.8 Å². The molecule has 0 bridgehead atoms. The number of fused-ring (bicyclic) bond motifs is 1. The van der Waals surface area contributed by atoms with Crippen molar-refractivity contribution in [1.29, 1.82) is 0 Å². The molecule has 194 valence electrons. The maximum absolute atomic E-state index is 13.5. The molecule has 3 aromatic heterocycles. The van der Waals surface area contributed by atoms with Crippen LogP contribution in [0.4, 0.5) is 30.6 Å². The largest absolute Gasteiger partial charge is 0.438 e. The van der Waals surface area contributed by atoms with Crippen LogP contribution < -0.4 is 21.7 Å². The Morgan fingerprint density at radius 1 is 1.22 bits per heavy atom. The lowest BCUT2D eigenvalue weighted by atomic mass is 9.93. The summed E-state index contributed by atoms with van der Waals surface area (Å²) in [6.07, 6.45) is 0.305. The molecule has 0 radical (unpaired) electrons. The minimum absolute atomic E-state index is 0.0573. The molecule has 2 aliphatic rings. The monoisotopic (exact) mass is 507 g/mol. The summed E-state index contributed by atoms with van der Waals surface area (Å²) in [7, 11) is 1.59. The number of hydrogen-bond acceptors (Lipinski definition) is 8. The number of piperidine rings is 1. The molecule has 0 aromatic carbocycles. The van der Waals surface area contributed by atoms with E-state index in [1.807, 2.05) is 6.07 Å². The summed E-state index contributed by atoms with van der Waals surface area (Å²) in [5.41, 5.74) is 14.0. The zero-order valence-corrected chi connectivity index (χ0v) is 19.7. The molecule has 10 nitrogen and oxygen atoms in total. The highest BCUT2D eigenvalue weighted by Crippen LogP contribution is 2.37. The number of alkyl halides is 3. The Morgan fingerprint density at radius 3 is 2.69 bits per heavy atom. The molecular formula is C23H28F3N7O3. The fourth-order valence-corrected chi connectivity index (χ4v) is 5.11. The number of nitrogens with zero attached hydrogens (tertiary/aromatic N) is 4. The second kappa shape index (κ2) is 9.28. The van der Waals surface area contributed by atoms with Gasteiger partial charge in [-0.1, -0.05) is 0 Å². The van der Waals surface area contributed by atoms with Crippen molar-refractivity contribution in [3.8, 4) is 0 Å². The summed E-state index contributed by atoms with van der Waals surface area (Å²) >= 11 is 0. The van der Waals surface area contributed by atoms with Gasteiger partial charge in [0.15, 0.2) is 11.4 Å². The van der Waals surface area contributed by atoms with Crippen LogP contribution in [0.15, 0.2) is 22.9 Å². The molecule has 5 N–H and O–H groups in total. The molecule has 2 atom stereocenters. The van der Waals surface area contributed by atoms with Gasteiger partial charge in [-0.2, -0.15) is 18.3 Å². The SMILES string of the molecule is Cn1ncc(NC(=O)c2c(N)oc3cc(C4CCOCC4)cnc23)c1N1C[C@H](N)C[C@@H](C(F)(F)F)C1. The third-order valence-electron chi connectivity index (χ3n) is 6.90. The van der Waals surface area contributed by atoms with Gasteiger partial charge in [-0.3, -0.25) is 14.5 Å². The lowest BCUT2D eigenvalue weighted by Gasteiger charge is -2.38. The number of rotatable bonds is 4. The number of amides is 1. The van der Waals surface area contributed by atoms with Gasteiger partial charge in [0.25, 0.3) is 5.91 Å². The number of furan rings is 1. The predicted octanol–water partition coefficient (Wildman–Crippen LogP) is 3.01. The molecular weight excluding hydrogens is 479 g/mol. The summed E-state index contributed by atoms with van der Waals surface area (Å²) in [4.78, 5) is 19.2. The van der Waals surface area contributed by atoms with Gasteiger partial charge in [0.2, 0.25) is 5.88 Å². The maximum atomic E-state index is 13.5. The number of pyridine rings is 1. The Labute approximate surface area is 204 Å². The van der Waals surface area contributed by atoms with E-state index in [1.54, 1.807) is 13.2 Å². The van der Waals surface area contributed by atoms with Crippen molar-refractivity contribution in [3.05, 3.63) is 29.6 Å². The van der Waals surface area contributed by atoms with E-state index < -0.39 is 24.0 Å². The van der Waals surface area contributed by atoms with E-state index in [-0.39, 0.29) is 42.6 Å². The first-order chi connectivity index (χ1) is 17.1. The zero-order valence-electron chi connectivity index (χ0n) is 19.7. The number of aromatic nitrogens is 3. The van der Waals surface area contributed by atoms with Crippen molar-refractivity contribution in [2.75, 3.05) is 42.3 Å². The standard InChI is InChI=1S/C23H28F3N7O3/c1-32-22(33-10-14(23(24,25)26)7-15(27)11-33)16(9-30-32)31-21(34)18-19-17(36-20(18)28)6-13(8-29-19)12-2-4-35-5-3-12/h6,8-9,12,14-15H,2-5,7,10-11,27-28H2,1H3,(H,31,34)/t14-,15-/m1/s1. The first-order valence-electron chi connectivity index (χ1n) is 11.8. The summed E-state index contributed by atoms with van der Waals surface area (Å²) < 4.78 is 52.8. The van der Waals surface area contributed by atoms with E-state index >= 15 is 0 Å². The highest BCUT2D eigenvalue weighted by molar-refractivity contribution is 6.15. The second-order valence-corrected chi connectivity index (χ2v) is 9.44. The summed E-state index contributed by atoms with van der Waals surface area (Å²) in [5, 5.41) is 6.87. The lowest BCUT2D eigenvalue weighted by molar-refractivity contribution is -0.177. The fraction of sp³-hybridized carbons (Fsp3) is 0.522. The molecule has 13 heteroatoms. The van der Waals surface area contributed by atoms with E-state index in [9.17, 15) is 18.0 Å². The van der Waals surface area contributed by atoms with Crippen LogP contribution in [0.25, 0.3) is 11.1 Å². The van der Waals surface area contributed by atoms with Crippen molar-refractivity contribution in [2.45, 2.75) is 37.4 Å². The minimum atomic E-state index is -4.38. The molecule has 0 saturated carbocycles. The molecule has 1 amide bonds. The third kappa shape index (κ3) is 4.60. The first-order valence-corrected chi connectivity index (χ1v) is 11.8. The second-order valence-electron chi connectivity index (χ2n) is 9.44. The smallest absolute Gasteiger partial charge is 0.393 e. The van der Waals surface area contributed by atoms with Gasteiger partial charge in [0.05, 0.1) is 12.1 Å². The van der Waals surface area contributed by atoms with Crippen LogP contribution in [0.5, 0.6) is 0 Å². The molecule has 0 spiro atoms. The molecule has 2 aliphatic heterocycles. The number of halogens is 3. The molecule has 36 heavy (non-hydrogen) atoms. The van der Waals surface area contributed by atoms with Crippen molar-refractivity contribution >= 4 is 34.4 Å². The molecule has 0 aliphatic carbocycles. The maximum Gasteiger partial charge on any atom is 0.393 e. The third-order valence-corrected chi connectivity index (χ3v) is 6.90. The minimum Gasteiger partial charge on any atom is -0.438 e. The highest BCUT2D eigenvalue weighted by atomic mass is 19.4. The summed E-state index contributed by atoms with van der Waals surface area (Å²) in [5.74, 6) is -1.66. The molecule has 5 rings (SSSR count). The zero-order chi connectivity index (χ0) is 25.6. The number of carbonyl (C=O) groups excluding carboxylic acids is 1. The summed E-state index contributed by atoms with van der Waals surface area (Å²) in [6.45, 7) is 1.26. The number of nitrogens with one attached hydrogen (secondary N) is 1. The van der Waals surface area contributed by atoms with Gasteiger partial charge in [-0.05, 0) is 36.8 Å². The van der Waals surface area contributed by atoms with Crippen LogP contribution in [0.2, 0.25) is 0 Å². The van der Waals surface area contributed by atoms with E-state index in [0.29, 0.717) is 30.1 Å². The first kappa shape index (κ1) is 24.4. The number of hydrogen-bond donors (Lipinski definition) is 3. The van der Waals surface area contributed by atoms with Gasteiger partial charge in [-0.15, -0.1) is 0 Å². The van der Waals surface area contributed by atoms with Crippen molar-refractivity contribution in [3.63, 3.8) is 0 Å². The van der Waals surface area contributed by atoms with E-state index in [0.717, 1.165) is 18.4 Å². The van der Waals surface area contributed by atoms with E-state index in [1.165, 1.54) is 15.8 Å². The average molecular weight is 508 g/mol. The van der Waals surface area contributed by atoms with Gasteiger partial charge in [-0.25, -0.2) is 0 Å². The Morgan fingerprint density at radius 2 is 1.97 bits per heavy atom. The Hall–Kier alpha value is -3.32. The number of carbonyl (C=O) groups is 1. The molecule has 0 unspecified atom stereocenters. The van der Waals surface area contributed by atoms with Crippen LogP contribution >= 0.6 is 0 Å². The topological polar surface area (TPSA) is 137 Å². The number of nitrogen functional groups attached to an aromatic ring is 1. The highest BCUT2D eigenvalue weighted by Gasteiger charge is 2.44. The molecule has 3 aromatic rings. The quantitative estimate of drug-likeness (QED) is 0.490. The number of nitrogens with two attached hydrogens (primary N) is 2. The Balaban J connectivity index is 1.41. The van der Waals surface area contributed by atoms with Crippen LogP contribution in [-0.2, 0) is 11.8 Å². The van der Waals surface area contributed by atoms with Crippen LogP contribution in [0.1, 0.15) is 41.1 Å². The Kier molecular flexibility index (Phi) is 6.29. The Bertz CT molecular complexity index is 1270. The van der Waals surface area contributed by atoms with Crippen LogP contribution in [-0.4, -0.2) is 59.2 Å². The van der Waals surface area contributed by atoms with E-state index in [2.05, 4.69) is 15.4 Å². The van der Waals surface area contributed by atoms with Crippen LogP contribution in [0.3, 0.4) is 0 Å². The van der Waals surface area contributed by atoms with Gasteiger partial charge < -0.3 is 30.8 Å². The number of aryl methyl sites for hydroxylation is 1. The number of anilines is 3. The van der Waals surface area contributed by atoms with Gasteiger partial charge >= 0.3 is 6.18 Å². The van der Waals surface area contributed by atoms with Crippen molar-refractivity contribution in [2.24, 2.45) is 18.7 Å². The van der Waals surface area contributed by atoms with Crippen LogP contribution in [0, 0.1) is 5.92 Å². The predicted molar refractivity (Wildman–Crippen MR) is 127 cm³/mol. The lowest BCUT2D eigenvalue weighted by Crippen LogP contribution is -2.51.